The van der Waals surface area contributed by atoms with E-state index in [1.54, 1.807) is 0 Å². The molecule has 1 N–H and O–H groups in total. The molecule has 1 unspecified atom stereocenters. The second-order valence-corrected chi connectivity index (χ2v) is 8.13. The monoisotopic (exact) mass is 392 g/mol. The van der Waals surface area contributed by atoms with E-state index in [1.807, 2.05) is 53.6 Å². The average molecular weight is 393 g/mol. The highest BCUT2D eigenvalue weighted by Gasteiger charge is 2.30. The van der Waals surface area contributed by atoms with E-state index in [1.165, 1.54) is 0 Å². The fraction of sp³-hybridized carbons (Fsp3) is 0.435. The molecule has 6 heteroatoms. The van der Waals surface area contributed by atoms with Crippen LogP contribution in [0.5, 0.6) is 0 Å². The minimum atomic E-state index is 0.103. The predicted molar refractivity (Wildman–Crippen MR) is 112 cm³/mol. The molecule has 1 saturated heterocycles. The van der Waals surface area contributed by atoms with Crippen LogP contribution in [-0.2, 0) is 22.6 Å². The van der Waals surface area contributed by atoms with Crippen molar-refractivity contribution in [3.05, 3.63) is 59.9 Å². The Kier molecular flexibility index (Phi) is 5.90. The Bertz CT molecular complexity index is 849. The van der Waals surface area contributed by atoms with E-state index in [0.717, 1.165) is 56.0 Å². The smallest absolute Gasteiger partial charge is 0.227 e. The number of nitrogens with zero attached hydrogens (tertiary/aromatic N) is 3. The quantitative estimate of drug-likeness (QED) is 0.821. The molecule has 29 heavy (non-hydrogen) atoms. The molecule has 2 fully saturated rings. The van der Waals surface area contributed by atoms with Gasteiger partial charge in [0.15, 0.2) is 0 Å². The van der Waals surface area contributed by atoms with Gasteiger partial charge in [-0.05, 0) is 49.6 Å². The number of amides is 2. The van der Waals surface area contributed by atoms with E-state index in [2.05, 4.69) is 22.1 Å². The number of benzene rings is 1. The summed E-state index contributed by atoms with van der Waals surface area (Å²) in [6.07, 6.45) is 4.19. The maximum Gasteiger partial charge on any atom is 0.227 e. The highest BCUT2D eigenvalue weighted by molar-refractivity contribution is 5.94. The summed E-state index contributed by atoms with van der Waals surface area (Å²) < 4.78 is 0. The highest BCUT2D eigenvalue weighted by Crippen LogP contribution is 2.30. The number of piperazine rings is 1. The van der Waals surface area contributed by atoms with Crippen molar-refractivity contribution in [1.29, 1.82) is 0 Å². The third kappa shape index (κ3) is 5.21. The first kappa shape index (κ1) is 19.6. The number of carbonyl (C=O) groups excluding carboxylic acids is 2. The Balaban J connectivity index is 1.27. The van der Waals surface area contributed by atoms with E-state index in [-0.39, 0.29) is 23.8 Å². The molecule has 1 aromatic carbocycles. The molecular weight excluding hydrogens is 364 g/mol. The standard InChI is InChI=1S/C23H28N4O2/c1-17-15-26(16-21-4-2-3-11-24-21)12-13-27(17)22(28)14-18-5-9-20(10-6-18)25-23(29)19-7-8-19/h2-6,9-11,17,19H,7-8,12-16H2,1H3,(H,25,29). The van der Waals surface area contributed by atoms with Gasteiger partial charge in [0.05, 0.1) is 12.1 Å². The Hall–Kier alpha value is -2.73. The number of anilines is 1. The number of rotatable bonds is 6. The van der Waals surface area contributed by atoms with E-state index in [0.29, 0.717) is 6.42 Å². The number of aromatic nitrogens is 1. The van der Waals surface area contributed by atoms with Gasteiger partial charge < -0.3 is 10.2 Å². The Morgan fingerprint density at radius 3 is 2.55 bits per heavy atom. The van der Waals surface area contributed by atoms with Gasteiger partial charge >= 0.3 is 0 Å². The van der Waals surface area contributed by atoms with Crippen LogP contribution in [0.25, 0.3) is 0 Å². The number of hydrogen-bond donors (Lipinski definition) is 1. The van der Waals surface area contributed by atoms with Gasteiger partial charge in [0.1, 0.15) is 0 Å². The normalized spacial score (nSPS) is 19.8. The molecule has 2 amide bonds. The zero-order chi connectivity index (χ0) is 20.2. The van der Waals surface area contributed by atoms with E-state index < -0.39 is 0 Å². The van der Waals surface area contributed by atoms with E-state index in [4.69, 9.17) is 0 Å². The van der Waals surface area contributed by atoms with Crippen LogP contribution in [0.2, 0.25) is 0 Å². The molecule has 152 valence electrons. The van der Waals surface area contributed by atoms with Gasteiger partial charge in [0, 0.05) is 50.0 Å². The van der Waals surface area contributed by atoms with Gasteiger partial charge in [-0.2, -0.15) is 0 Å². The van der Waals surface area contributed by atoms with Crippen LogP contribution in [0.1, 0.15) is 31.0 Å². The van der Waals surface area contributed by atoms with Crippen LogP contribution in [0.3, 0.4) is 0 Å². The molecule has 1 aliphatic heterocycles. The van der Waals surface area contributed by atoms with Crippen molar-refractivity contribution in [2.24, 2.45) is 5.92 Å². The third-order valence-electron chi connectivity index (χ3n) is 5.67. The van der Waals surface area contributed by atoms with Crippen LogP contribution >= 0.6 is 0 Å². The predicted octanol–water partition coefficient (Wildman–Crippen LogP) is 2.71. The molecule has 2 aromatic rings. The summed E-state index contributed by atoms with van der Waals surface area (Å²) in [4.78, 5) is 33.4. The van der Waals surface area contributed by atoms with Crippen LogP contribution < -0.4 is 5.32 Å². The molecule has 1 aliphatic carbocycles. The van der Waals surface area contributed by atoms with Crippen LogP contribution in [0.15, 0.2) is 48.7 Å². The average Bonchev–Trinajstić information content (AvgIpc) is 3.56. The minimum absolute atomic E-state index is 0.103. The lowest BCUT2D eigenvalue weighted by Gasteiger charge is -2.40. The Morgan fingerprint density at radius 2 is 1.90 bits per heavy atom. The van der Waals surface area contributed by atoms with Crippen molar-refractivity contribution in [2.75, 3.05) is 25.0 Å². The fourth-order valence-electron chi connectivity index (χ4n) is 3.84. The third-order valence-corrected chi connectivity index (χ3v) is 5.67. The van der Waals surface area contributed by atoms with E-state index >= 15 is 0 Å². The van der Waals surface area contributed by atoms with Gasteiger partial charge in [0.25, 0.3) is 0 Å². The van der Waals surface area contributed by atoms with Gasteiger partial charge in [0.2, 0.25) is 11.8 Å². The summed E-state index contributed by atoms with van der Waals surface area (Å²) in [6, 6.07) is 13.8. The van der Waals surface area contributed by atoms with Crippen molar-refractivity contribution in [3.8, 4) is 0 Å². The number of hydrogen-bond acceptors (Lipinski definition) is 4. The zero-order valence-corrected chi connectivity index (χ0v) is 16.9. The van der Waals surface area contributed by atoms with Crippen molar-refractivity contribution < 1.29 is 9.59 Å². The van der Waals surface area contributed by atoms with Crippen molar-refractivity contribution in [2.45, 2.75) is 38.8 Å². The summed E-state index contributed by atoms with van der Waals surface area (Å²) >= 11 is 0. The summed E-state index contributed by atoms with van der Waals surface area (Å²) in [6.45, 7) is 5.38. The first-order valence-corrected chi connectivity index (χ1v) is 10.4. The lowest BCUT2D eigenvalue weighted by Crippen LogP contribution is -2.54. The minimum Gasteiger partial charge on any atom is -0.337 e. The molecule has 4 rings (SSSR count). The molecule has 2 heterocycles. The molecule has 1 saturated carbocycles. The summed E-state index contributed by atoms with van der Waals surface area (Å²) in [5.74, 6) is 0.449. The number of pyridine rings is 1. The SMILES string of the molecule is CC1CN(Cc2ccccn2)CCN1C(=O)Cc1ccc(NC(=O)C2CC2)cc1. The lowest BCUT2D eigenvalue weighted by atomic mass is 10.1. The van der Waals surface area contributed by atoms with Gasteiger partial charge in [-0.15, -0.1) is 0 Å². The Morgan fingerprint density at radius 1 is 1.10 bits per heavy atom. The maximum absolute atomic E-state index is 12.8. The fourth-order valence-corrected chi connectivity index (χ4v) is 3.84. The summed E-state index contributed by atoms with van der Waals surface area (Å²) in [5, 5.41) is 2.93. The molecule has 1 aromatic heterocycles. The molecular formula is C23H28N4O2. The molecule has 2 aliphatic rings. The van der Waals surface area contributed by atoms with Gasteiger partial charge in [-0.25, -0.2) is 0 Å². The molecule has 6 nitrogen and oxygen atoms in total. The zero-order valence-electron chi connectivity index (χ0n) is 16.9. The molecule has 0 spiro atoms. The van der Waals surface area contributed by atoms with Crippen LogP contribution in [-0.4, -0.2) is 52.3 Å². The van der Waals surface area contributed by atoms with Crippen LogP contribution in [0, 0.1) is 5.92 Å². The largest absolute Gasteiger partial charge is 0.337 e. The number of nitrogens with one attached hydrogen (secondary N) is 1. The highest BCUT2D eigenvalue weighted by atomic mass is 16.2. The second-order valence-electron chi connectivity index (χ2n) is 8.13. The molecule has 0 bridgehead atoms. The van der Waals surface area contributed by atoms with Gasteiger partial charge in [-0.1, -0.05) is 18.2 Å². The summed E-state index contributed by atoms with van der Waals surface area (Å²) in [5.41, 5.74) is 2.84. The molecule has 0 radical (unpaired) electrons. The first-order valence-electron chi connectivity index (χ1n) is 10.4. The topological polar surface area (TPSA) is 65.5 Å². The second kappa shape index (κ2) is 8.74. The van der Waals surface area contributed by atoms with Gasteiger partial charge in [-0.3, -0.25) is 19.5 Å². The maximum atomic E-state index is 12.8. The van der Waals surface area contributed by atoms with Crippen molar-refractivity contribution in [3.63, 3.8) is 0 Å². The van der Waals surface area contributed by atoms with E-state index in [9.17, 15) is 9.59 Å². The Labute approximate surface area is 171 Å². The van der Waals surface area contributed by atoms with Crippen molar-refractivity contribution >= 4 is 17.5 Å². The van der Waals surface area contributed by atoms with Crippen molar-refractivity contribution in [1.82, 2.24) is 14.8 Å². The lowest BCUT2D eigenvalue weighted by molar-refractivity contribution is -0.135. The number of carbonyl (C=O) groups is 2. The van der Waals surface area contributed by atoms with Crippen LogP contribution in [0.4, 0.5) is 5.69 Å². The molecule has 1 atom stereocenters. The summed E-state index contributed by atoms with van der Waals surface area (Å²) in [7, 11) is 0. The first-order chi connectivity index (χ1) is 14.1.